The first-order valence-corrected chi connectivity index (χ1v) is 14.1. The number of piperazine rings is 1. The van der Waals surface area contributed by atoms with E-state index >= 15 is 0 Å². The molecule has 202 valence electrons. The van der Waals surface area contributed by atoms with Crippen molar-refractivity contribution in [2.75, 3.05) is 50.7 Å². The number of nitriles is 1. The Morgan fingerprint density at radius 1 is 1.05 bits per heavy atom. The van der Waals surface area contributed by atoms with E-state index in [4.69, 9.17) is 21.6 Å². The lowest BCUT2D eigenvalue weighted by molar-refractivity contribution is 0.0888. The summed E-state index contributed by atoms with van der Waals surface area (Å²) < 4.78 is 6.05. The molecule has 3 heterocycles. The van der Waals surface area contributed by atoms with Crippen LogP contribution in [0, 0.1) is 17.2 Å². The molecule has 3 aliphatic rings. The molecule has 1 aromatic heterocycles. The molecule has 38 heavy (non-hydrogen) atoms. The fourth-order valence-corrected chi connectivity index (χ4v) is 5.87. The maximum Gasteiger partial charge on any atom is 0.272 e. The van der Waals surface area contributed by atoms with Crippen molar-refractivity contribution in [2.24, 2.45) is 5.92 Å². The van der Waals surface area contributed by atoms with Gasteiger partial charge < -0.3 is 25.2 Å². The third-order valence-corrected chi connectivity index (χ3v) is 8.23. The summed E-state index contributed by atoms with van der Waals surface area (Å²) in [6.45, 7) is 7.65. The number of hydrogen-bond donors (Lipinski definition) is 2. The van der Waals surface area contributed by atoms with E-state index < -0.39 is 0 Å². The number of aromatic nitrogens is 2. The number of nitrogens with zero attached hydrogens (tertiary/aromatic N) is 5. The van der Waals surface area contributed by atoms with Crippen LogP contribution >= 0.6 is 11.6 Å². The second kappa shape index (κ2) is 12.7. The highest BCUT2D eigenvalue weighted by molar-refractivity contribution is 6.31. The molecule has 0 unspecified atom stereocenters. The predicted octanol–water partition coefficient (Wildman–Crippen LogP) is 3.24. The van der Waals surface area contributed by atoms with Crippen LogP contribution in [0.5, 0.6) is 5.75 Å². The highest BCUT2D eigenvalue weighted by Gasteiger charge is 2.26. The number of carbonyl (C=O) groups excluding carboxylic acids is 1. The van der Waals surface area contributed by atoms with Gasteiger partial charge in [0.05, 0.1) is 16.7 Å². The largest absolute Gasteiger partial charge is 0.490 e. The van der Waals surface area contributed by atoms with Crippen LogP contribution in [0.25, 0.3) is 0 Å². The van der Waals surface area contributed by atoms with Gasteiger partial charge in [0.25, 0.3) is 5.91 Å². The van der Waals surface area contributed by atoms with Crippen molar-refractivity contribution in [3.8, 4) is 11.8 Å². The van der Waals surface area contributed by atoms with Crippen LogP contribution in [0.15, 0.2) is 30.3 Å². The summed E-state index contributed by atoms with van der Waals surface area (Å²) in [7, 11) is 0. The number of carbonyl (C=O) groups is 1. The maximum absolute atomic E-state index is 12.8. The highest BCUT2D eigenvalue weighted by atomic mass is 35.5. The molecule has 9 nitrogen and oxygen atoms in total. The molecule has 1 amide bonds. The van der Waals surface area contributed by atoms with Crippen LogP contribution in [0.3, 0.4) is 0 Å². The molecule has 2 N–H and O–H groups in total. The Balaban J connectivity index is 1.04. The van der Waals surface area contributed by atoms with Gasteiger partial charge in [0.2, 0.25) is 0 Å². The number of anilines is 1. The van der Waals surface area contributed by atoms with E-state index in [1.54, 1.807) is 24.3 Å². The molecule has 1 aliphatic carbocycles. The lowest BCUT2D eigenvalue weighted by atomic mass is 9.93. The number of halogens is 1. The zero-order valence-corrected chi connectivity index (χ0v) is 22.5. The van der Waals surface area contributed by atoms with Crippen LogP contribution in [-0.2, 0) is 0 Å². The van der Waals surface area contributed by atoms with E-state index in [0.717, 1.165) is 76.7 Å². The second-order valence-electron chi connectivity index (χ2n) is 10.6. The molecule has 0 bridgehead atoms. The molecule has 0 spiro atoms. The molecule has 0 radical (unpaired) electrons. The molecule has 2 aliphatic heterocycles. The van der Waals surface area contributed by atoms with Crippen molar-refractivity contribution < 1.29 is 9.53 Å². The average Bonchev–Trinajstić information content (AvgIpc) is 2.95. The quantitative estimate of drug-likeness (QED) is 0.554. The molecule has 3 fully saturated rings. The number of piperidine rings is 1. The SMILES string of the molecule is N#Cc1ccc(OC2CCC(NC(=O)c3ccc(N4CCC(CN5CCNCC5)CC4)nn3)CC2)cc1Cl. The number of ether oxygens (including phenoxy) is 1. The van der Waals surface area contributed by atoms with Crippen molar-refractivity contribution in [3.63, 3.8) is 0 Å². The highest BCUT2D eigenvalue weighted by Crippen LogP contribution is 2.27. The molecule has 10 heteroatoms. The first-order chi connectivity index (χ1) is 18.6. The van der Waals surface area contributed by atoms with Gasteiger partial charge in [-0.15, -0.1) is 10.2 Å². The van der Waals surface area contributed by atoms with E-state index in [2.05, 4.69) is 36.7 Å². The number of hydrogen-bond acceptors (Lipinski definition) is 8. The van der Waals surface area contributed by atoms with E-state index in [-0.39, 0.29) is 18.1 Å². The first kappa shape index (κ1) is 26.7. The Morgan fingerprint density at radius 2 is 1.82 bits per heavy atom. The van der Waals surface area contributed by atoms with E-state index in [0.29, 0.717) is 22.0 Å². The lowest BCUT2D eigenvalue weighted by Crippen LogP contribution is -2.47. The third-order valence-electron chi connectivity index (χ3n) is 7.92. The smallest absolute Gasteiger partial charge is 0.272 e. The summed E-state index contributed by atoms with van der Waals surface area (Å²) in [6.07, 6.45) is 5.71. The lowest BCUT2D eigenvalue weighted by Gasteiger charge is -2.36. The van der Waals surface area contributed by atoms with Crippen LogP contribution < -0.4 is 20.3 Å². The predicted molar refractivity (Wildman–Crippen MR) is 147 cm³/mol. The molecular formula is C28H36ClN7O2. The van der Waals surface area contributed by atoms with Gasteiger partial charge in [-0.1, -0.05) is 11.6 Å². The number of benzene rings is 1. The summed E-state index contributed by atoms with van der Waals surface area (Å²) in [4.78, 5) is 17.7. The van der Waals surface area contributed by atoms with Crippen LogP contribution in [0.4, 0.5) is 5.82 Å². The number of rotatable bonds is 7. The summed E-state index contributed by atoms with van der Waals surface area (Å²) >= 11 is 6.11. The Hall–Kier alpha value is -2.93. The monoisotopic (exact) mass is 537 g/mol. The zero-order chi connectivity index (χ0) is 26.3. The molecule has 1 aromatic carbocycles. The van der Waals surface area contributed by atoms with Crippen LogP contribution in [0.2, 0.25) is 5.02 Å². The first-order valence-electron chi connectivity index (χ1n) is 13.8. The fraction of sp³-hybridized carbons (Fsp3) is 0.571. The van der Waals surface area contributed by atoms with E-state index in [1.165, 1.54) is 19.4 Å². The van der Waals surface area contributed by atoms with Crippen molar-refractivity contribution in [1.82, 2.24) is 25.7 Å². The van der Waals surface area contributed by atoms with Gasteiger partial charge in [-0.05, 0) is 68.7 Å². The topological polar surface area (TPSA) is 106 Å². The minimum Gasteiger partial charge on any atom is -0.490 e. The normalized spacial score (nSPS) is 23.0. The third kappa shape index (κ3) is 6.93. The summed E-state index contributed by atoms with van der Waals surface area (Å²) in [5.74, 6) is 2.08. The van der Waals surface area contributed by atoms with Gasteiger partial charge in [-0.2, -0.15) is 5.26 Å². The van der Waals surface area contributed by atoms with Gasteiger partial charge in [-0.25, -0.2) is 0 Å². The zero-order valence-electron chi connectivity index (χ0n) is 21.7. The second-order valence-corrected chi connectivity index (χ2v) is 11.0. The van der Waals surface area contributed by atoms with Gasteiger partial charge in [0.15, 0.2) is 11.5 Å². The van der Waals surface area contributed by atoms with Crippen molar-refractivity contribution in [3.05, 3.63) is 46.6 Å². The number of amides is 1. The van der Waals surface area contributed by atoms with E-state index in [9.17, 15) is 4.79 Å². The Morgan fingerprint density at radius 3 is 2.47 bits per heavy atom. The van der Waals surface area contributed by atoms with Gasteiger partial charge >= 0.3 is 0 Å². The van der Waals surface area contributed by atoms with Gasteiger partial charge in [0.1, 0.15) is 11.8 Å². The van der Waals surface area contributed by atoms with E-state index in [1.807, 2.05) is 6.07 Å². The molecular weight excluding hydrogens is 502 g/mol. The standard InChI is InChI=1S/C28H36ClN7O2/c29-25-17-24(4-1-21(25)18-30)38-23-5-2-22(3-6-23)32-28(37)26-7-8-27(34-33-26)36-13-9-20(10-14-36)19-35-15-11-31-12-16-35/h1,4,7-8,17,20,22-23,31H,2-3,5-6,9-16,19H2,(H,32,37). The Kier molecular flexibility index (Phi) is 8.94. The minimum absolute atomic E-state index is 0.0623. The van der Waals surface area contributed by atoms with Crippen molar-refractivity contribution in [1.29, 1.82) is 5.26 Å². The van der Waals surface area contributed by atoms with Crippen molar-refractivity contribution >= 4 is 23.3 Å². The van der Waals surface area contributed by atoms with Crippen LogP contribution in [0.1, 0.15) is 54.6 Å². The van der Waals surface area contributed by atoms with Gasteiger partial charge in [-0.3, -0.25) is 4.79 Å². The van der Waals surface area contributed by atoms with Crippen LogP contribution in [-0.4, -0.2) is 79.0 Å². The summed E-state index contributed by atoms with van der Waals surface area (Å²) in [5, 5.41) is 24.6. The maximum atomic E-state index is 12.8. The molecule has 5 rings (SSSR count). The fourth-order valence-electron chi connectivity index (χ4n) is 5.66. The summed E-state index contributed by atoms with van der Waals surface area (Å²) in [5.41, 5.74) is 0.792. The Labute approximate surface area is 229 Å². The average molecular weight is 538 g/mol. The van der Waals surface area contributed by atoms with Crippen molar-refractivity contribution in [2.45, 2.75) is 50.7 Å². The Bertz CT molecular complexity index is 1120. The molecule has 0 atom stereocenters. The molecule has 1 saturated carbocycles. The molecule has 2 saturated heterocycles. The summed E-state index contributed by atoms with van der Waals surface area (Å²) in [6, 6.07) is 11.0. The number of nitrogens with one attached hydrogen (secondary N) is 2. The molecule has 2 aromatic rings. The van der Waals surface area contributed by atoms with Gasteiger partial charge in [0, 0.05) is 57.9 Å². The minimum atomic E-state index is -0.179.